The summed E-state index contributed by atoms with van der Waals surface area (Å²) in [5.41, 5.74) is 0.988. The molecule has 156 valence electrons. The van der Waals surface area contributed by atoms with E-state index in [2.05, 4.69) is 10.2 Å². The number of anilines is 1. The number of piperidine rings is 1. The van der Waals surface area contributed by atoms with Gasteiger partial charge in [0.1, 0.15) is 5.75 Å². The van der Waals surface area contributed by atoms with Crippen LogP contribution in [0.3, 0.4) is 0 Å². The molecule has 0 bridgehead atoms. The lowest BCUT2D eigenvalue weighted by Gasteiger charge is -2.31. The van der Waals surface area contributed by atoms with E-state index in [1.54, 1.807) is 18.4 Å². The predicted molar refractivity (Wildman–Crippen MR) is 115 cm³/mol. The normalized spacial score (nSPS) is 17.9. The highest BCUT2D eigenvalue weighted by molar-refractivity contribution is 7.22. The average Bonchev–Trinajstić information content (AvgIpc) is 3.36. The molecule has 1 aromatic carbocycles. The Hall–Kier alpha value is -2.35. The Kier molecular flexibility index (Phi) is 6.18. The minimum absolute atomic E-state index is 0.0640. The fourth-order valence-corrected chi connectivity index (χ4v) is 5.10. The molecule has 29 heavy (non-hydrogen) atoms. The number of ether oxygens (including phenoxy) is 1. The van der Waals surface area contributed by atoms with Gasteiger partial charge in [-0.15, -0.1) is 0 Å². The van der Waals surface area contributed by atoms with Gasteiger partial charge in [-0.05, 0) is 43.9 Å². The number of nitrogens with zero attached hydrogens (tertiary/aromatic N) is 3. The molecule has 2 aromatic rings. The summed E-state index contributed by atoms with van der Waals surface area (Å²) in [4.78, 5) is 33.0. The maximum absolute atomic E-state index is 12.5. The standard InChI is InChI=1S/C21H28N4O3S/c1-28-16-5-6-17-18(14-16)29-21(23-17)25-12-7-15(8-13-25)20(27)22-9-3-11-24-10-2-4-19(24)26/h5-6,14-15H,2-4,7-13H2,1H3,(H,22,27). The summed E-state index contributed by atoms with van der Waals surface area (Å²) in [5, 5.41) is 4.07. The van der Waals surface area contributed by atoms with Gasteiger partial charge in [0.05, 0.1) is 17.3 Å². The molecule has 0 atom stereocenters. The molecule has 2 fully saturated rings. The number of hydrogen-bond donors (Lipinski definition) is 1. The number of thiazole rings is 1. The number of methoxy groups -OCH3 is 1. The second-order valence-corrected chi connectivity index (χ2v) is 8.73. The molecule has 4 rings (SSSR count). The van der Waals surface area contributed by atoms with Crippen LogP contribution in [0.4, 0.5) is 5.13 Å². The van der Waals surface area contributed by atoms with Gasteiger partial charge in [0, 0.05) is 45.1 Å². The third-order valence-corrected chi connectivity index (χ3v) is 6.87. The quantitative estimate of drug-likeness (QED) is 0.703. The number of nitrogens with one attached hydrogen (secondary N) is 1. The Balaban J connectivity index is 1.22. The first-order valence-electron chi connectivity index (χ1n) is 10.4. The number of hydrogen-bond acceptors (Lipinski definition) is 6. The van der Waals surface area contributed by atoms with Crippen molar-refractivity contribution in [1.29, 1.82) is 0 Å². The highest BCUT2D eigenvalue weighted by atomic mass is 32.1. The summed E-state index contributed by atoms with van der Waals surface area (Å²) in [6.45, 7) is 3.95. The van der Waals surface area contributed by atoms with E-state index in [9.17, 15) is 9.59 Å². The SMILES string of the molecule is COc1ccc2nc(N3CCC(C(=O)NCCCN4CCCC4=O)CC3)sc2c1. The zero-order valence-electron chi connectivity index (χ0n) is 16.9. The molecule has 2 aliphatic rings. The van der Waals surface area contributed by atoms with Crippen LogP contribution in [0, 0.1) is 5.92 Å². The molecular weight excluding hydrogens is 388 g/mol. The number of rotatable bonds is 7. The van der Waals surface area contributed by atoms with Crippen LogP contribution in [-0.2, 0) is 9.59 Å². The second-order valence-electron chi connectivity index (χ2n) is 7.72. The molecule has 3 heterocycles. The van der Waals surface area contributed by atoms with Crippen molar-refractivity contribution < 1.29 is 14.3 Å². The van der Waals surface area contributed by atoms with Crippen molar-refractivity contribution in [2.75, 3.05) is 44.7 Å². The summed E-state index contributed by atoms with van der Waals surface area (Å²) in [7, 11) is 1.67. The maximum atomic E-state index is 12.5. The van der Waals surface area contributed by atoms with E-state index >= 15 is 0 Å². The van der Waals surface area contributed by atoms with Crippen LogP contribution in [0.1, 0.15) is 32.1 Å². The van der Waals surface area contributed by atoms with Gasteiger partial charge in [0.25, 0.3) is 0 Å². The Morgan fingerprint density at radius 3 is 2.86 bits per heavy atom. The number of amides is 2. The topological polar surface area (TPSA) is 74.8 Å². The van der Waals surface area contributed by atoms with Gasteiger partial charge in [-0.3, -0.25) is 9.59 Å². The highest BCUT2D eigenvalue weighted by Gasteiger charge is 2.26. The zero-order valence-corrected chi connectivity index (χ0v) is 17.7. The molecule has 7 nitrogen and oxygen atoms in total. The van der Waals surface area contributed by atoms with Crippen molar-refractivity contribution >= 4 is 38.5 Å². The monoisotopic (exact) mass is 416 g/mol. The predicted octanol–water partition coefficient (Wildman–Crippen LogP) is 2.65. The van der Waals surface area contributed by atoms with Crippen LogP contribution >= 0.6 is 11.3 Å². The second kappa shape index (κ2) is 8.98. The third kappa shape index (κ3) is 4.63. The largest absolute Gasteiger partial charge is 0.497 e. The summed E-state index contributed by atoms with van der Waals surface area (Å²) in [5.74, 6) is 1.30. The lowest BCUT2D eigenvalue weighted by molar-refractivity contribution is -0.127. The van der Waals surface area contributed by atoms with Crippen LogP contribution in [0.5, 0.6) is 5.75 Å². The number of benzene rings is 1. The highest BCUT2D eigenvalue weighted by Crippen LogP contribution is 2.33. The zero-order chi connectivity index (χ0) is 20.2. The number of carbonyl (C=O) groups excluding carboxylic acids is 2. The van der Waals surface area contributed by atoms with E-state index in [1.807, 2.05) is 23.1 Å². The molecule has 0 spiro atoms. The molecule has 2 amide bonds. The van der Waals surface area contributed by atoms with Gasteiger partial charge < -0.3 is 19.9 Å². The van der Waals surface area contributed by atoms with Crippen LogP contribution < -0.4 is 15.0 Å². The van der Waals surface area contributed by atoms with Crippen molar-refractivity contribution in [1.82, 2.24) is 15.2 Å². The van der Waals surface area contributed by atoms with Crippen molar-refractivity contribution in [3.63, 3.8) is 0 Å². The van der Waals surface area contributed by atoms with E-state index in [0.717, 1.165) is 73.0 Å². The van der Waals surface area contributed by atoms with Gasteiger partial charge >= 0.3 is 0 Å². The Morgan fingerprint density at radius 1 is 1.31 bits per heavy atom. The van der Waals surface area contributed by atoms with Crippen molar-refractivity contribution in [2.45, 2.75) is 32.1 Å². The molecule has 1 aromatic heterocycles. The van der Waals surface area contributed by atoms with Gasteiger partial charge in [-0.25, -0.2) is 4.98 Å². The summed E-state index contributed by atoms with van der Waals surface area (Å²) in [6.07, 6.45) is 4.15. The van der Waals surface area contributed by atoms with Gasteiger partial charge in [0.15, 0.2) is 5.13 Å². The molecule has 0 saturated carbocycles. The third-order valence-electron chi connectivity index (χ3n) is 5.80. The van der Waals surface area contributed by atoms with E-state index in [0.29, 0.717) is 13.0 Å². The van der Waals surface area contributed by atoms with Crippen molar-refractivity contribution in [3.05, 3.63) is 18.2 Å². The Labute approximate surface area is 175 Å². The van der Waals surface area contributed by atoms with E-state index in [4.69, 9.17) is 9.72 Å². The summed E-state index contributed by atoms with van der Waals surface area (Å²) < 4.78 is 6.41. The Morgan fingerprint density at radius 2 is 2.14 bits per heavy atom. The average molecular weight is 417 g/mol. The fourth-order valence-electron chi connectivity index (χ4n) is 4.05. The molecule has 1 N–H and O–H groups in total. The molecule has 0 radical (unpaired) electrons. The first-order chi connectivity index (χ1) is 14.1. The number of carbonyl (C=O) groups is 2. The lowest BCUT2D eigenvalue weighted by Crippen LogP contribution is -2.41. The van der Waals surface area contributed by atoms with Crippen LogP contribution in [0.2, 0.25) is 0 Å². The van der Waals surface area contributed by atoms with Gasteiger partial charge in [0.2, 0.25) is 11.8 Å². The van der Waals surface area contributed by atoms with Gasteiger partial charge in [-0.1, -0.05) is 11.3 Å². The van der Waals surface area contributed by atoms with Crippen molar-refractivity contribution in [3.8, 4) is 5.75 Å². The molecule has 8 heteroatoms. The minimum Gasteiger partial charge on any atom is -0.497 e. The Bertz CT molecular complexity index is 876. The smallest absolute Gasteiger partial charge is 0.223 e. The number of aromatic nitrogens is 1. The maximum Gasteiger partial charge on any atom is 0.223 e. The molecule has 2 aliphatic heterocycles. The molecular formula is C21H28N4O3S. The minimum atomic E-state index is 0.0640. The first-order valence-corrected chi connectivity index (χ1v) is 11.2. The van der Waals surface area contributed by atoms with Crippen LogP contribution in [0.15, 0.2) is 18.2 Å². The van der Waals surface area contributed by atoms with Crippen molar-refractivity contribution in [2.24, 2.45) is 5.92 Å². The summed E-state index contributed by atoms with van der Waals surface area (Å²) >= 11 is 1.67. The number of likely N-dealkylation sites (tertiary alicyclic amines) is 1. The fraction of sp³-hybridized carbons (Fsp3) is 0.571. The molecule has 0 aliphatic carbocycles. The van der Waals surface area contributed by atoms with E-state index in [-0.39, 0.29) is 17.7 Å². The lowest BCUT2D eigenvalue weighted by atomic mass is 9.96. The number of fused-ring (bicyclic) bond motifs is 1. The molecule has 2 saturated heterocycles. The van der Waals surface area contributed by atoms with E-state index < -0.39 is 0 Å². The summed E-state index contributed by atoms with van der Waals surface area (Å²) in [6, 6.07) is 5.94. The van der Waals surface area contributed by atoms with E-state index in [1.165, 1.54) is 0 Å². The first kappa shape index (κ1) is 19.9. The van der Waals surface area contributed by atoms with Crippen LogP contribution in [-0.4, -0.2) is 61.5 Å². The van der Waals surface area contributed by atoms with Gasteiger partial charge in [-0.2, -0.15) is 0 Å². The van der Waals surface area contributed by atoms with Crippen LogP contribution in [0.25, 0.3) is 10.2 Å². The molecule has 0 unspecified atom stereocenters.